The predicted molar refractivity (Wildman–Crippen MR) is 96.0 cm³/mol. The van der Waals surface area contributed by atoms with Gasteiger partial charge in [-0.05, 0) is 19.8 Å². The van der Waals surface area contributed by atoms with Gasteiger partial charge in [-0.15, -0.1) is 11.3 Å². The highest BCUT2D eigenvalue weighted by Gasteiger charge is 2.22. The summed E-state index contributed by atoms with van der Waals surface area (Å²) in [5.74, 6) is 0.267. The van der Waals surface area contributed by atoms with E-state index in [4.69, 9.17) is 0 Å². The summed E-state index contributed by atoms with van der Waals surface area (Å²) in [6.07, 6.45) is 3.83. The van der Waals surface area contributed by atoms with Gasteiger partial charge in [0.1, 0.15) is 0 Å². The highest BCUT2D eigenvalue weighted by atomic mass is 32.1. The zero-order chi connectivity index (χ0) is 16.8. The molecule has 1 aromatic heterocycles. The lowest BCUT2D eigenvalue weighted by molar-refractivity contribution is 0.182. The molecule has 5 nitrogen and oxygen atoms in total. The lowest BCUT2D eigenvalue weighted by atomic mass is 10.0. The molecule has 1 saturated heterocycles. The topological polar surface area (TPSA) is 48.5 Å². The molecule has 1 fully saturated rings. The minimum atomic E-state index is 0.0201. The van der Waals surface area contributed by atoms with Gasteiger partial charge >= 0.3 is 6.03 Å². The maximum Gasteiger partial charge on any atom is 0.317 e. The molecule has 1 aliphatic heterocycles. The van der Waals surface area contributed by atoms with Crippen molar-refractivity contribution in [3.8, 4) is 0 Å². The second kappa shape index (κ2) is 8.45. The van der Waals surface area contributed by atoms with E-state index in [0.717, 1.165) is 37.5 Å². The summed E-state index contributed by atoms with van der Waals surface area (Å²) in [6, 6.07) is 0.299. The fourth-order valence-corrected chi connectivity index (χ4v) is 3.64. The van der Waals surface area contributed by atoms with Crippen LogP contribution in [0.4, 0.5) is 4.79 Å². The molecule has 0 radical (unpaired) electrons. The van der Waals surface area contributed by atoms with E-state index >= 15 is 0 Å². The summed E-state index contributed by atoms with van der Waals surface area (Å²) < 4.78 is 0. The molecule has 6 heteroatoms. The van der Waals surface area contributed by atoms with Gasteiger partial charge in [-0.1, -0.05) is 19.1 Å². The Labute approximate surface area is 143 Å². The Hall–Kier alpha value is -1.40. The molecular weight excluding hydrogens is 308 g/mol. The largest absolute Gasteiger partial charge is 0.335 e. The molecule has 1 unspecified atom stereocenters. The highest BCUT2D eigenvalue weighted by molar-refractivity contribution is 7.09. The number of carbonyl (C=O) groups is 1. The smallest absolute Gasteiger partial charge is 0.317 e. The Morgan fingerprint density at radius 2 is 2.26 bits per heavy atom. The Morgan fingerprint density at radius 1 is 1.57 bits per heavy atom. The standard InChI is InChI=1S/C17H28N4OS/c1-13(2)11-21-8-5-15(6-9-21)19-17(22)20(4)12-14(3)16-18-7-10-23-16/h7,10,14-15H,1,5-6,8-9,11-12H2,2-4H3,(H,19,22). The van der Waals surface area contributed by atoms with Crippen LogP contribution in [0.25, 0.3) is 0 Å². The summed E-state index contributed by atoms with van der Waals surface area (Å²) in [6.45, 7) is 11.8. The second-order valence-electron chi connectivity index (χ2n) is 6.61. The average Bonchev–Trinajstić information content (AvgIpc) is 3.03. The maximum atomic E-state index is 12.3. The van der Waals surface area contributed by atoms with Crippen LogP contribution in [0.3, 0.4) is 0 Å². The van der Waals surface area contributed by atoms with Gasteiger partial charge in [-0.25, -0.2) is 9.78 Å². The van der Waals surface area contributed by atoms with Crippen LogP contribution in [0.2, 0.25) is 0 Å². The van der Waals surface area contributed by atoms with Crippen molar-refractivity contribution in [2.75, 3.05) is 33.2 Å². The van der Waals surface area contributed by atoms with Crippen LogP contribution < -0.4 is 5.32 Å². The van der Waals surface area contributed by atoms with Gasteiger partial charge in [-0.2, -0.15) is 0 Å². The van der Waals surface area contributed by atoms with E-state index in [-0.39, 0.29) is 18.0 Å². The Balaban J connectivity index is 1.73. The van der Waals surface area contributed by atoms with Crippen molar-refractivity contribution in [1.29, 1.82) is 0 Å². The van der Waals surface area contributed by atoms with Gasteiger partial charge in [-0.3, -0.25) is 4.90 Å². The normalized spacial score (nSPS) is 17.7. The highest BCUT2D eigenvalue weighted by Crippen LogP contribution is 2.18. The molecule has 2 rings (SSSR count). The Morgan fingerprint density at radius 3 is 2.83 bits per heavy atom. The van der Waals surface area contributed by atoms with E-state index in [1.807, 2.05) is 18.6 Å². The van der Waals surface area contributed by atoms with Gasteiger partial charge in [0, 0.05) is 56.8 Å². The molecule has 0 spiro atoms. The molecule has 1 aromatic rings. The summed E-state index contributed by atoms with van der Waals surface area (Å²) in [4.78, 5) is 20.8. The number of likely N-dealkylation sites (N-methyl/N-ethyl adjacent to an activating group) is 1. The molecule has 0 aliphatic carbocycles. The van der Waals surface area contributed by atoms with Crippen LogP contribution in [0.5, 0.6) is 0 Å². The summed E-state index contributed by atoms with van der Waals surface area (Å²) in [7, 11) is 1.86. The molecule has 128 valence electrons. The summed E-state index contributed by atoms with van der Waals surface area (Å²) in [5, 5.41) is 6.22. The lowest BCUT2D eigenvalue weighted by Gasteiger charge is -2.33. The fourth-order valence-electron chi connectivity index (χ4n) is 2.95. The minimum Gasteiger partial charge on any atom is -0.335 e. The fraction of sp³-hybridized carbons (Fsp3) is 0.647. The van der Waals surface area contributed by atoms with Crippen molar-refractivity contribution in [2.24, 2.45) is 0 Å². The Bertz CT molecular complexity index is 509. The third kappa shape index (κ3) is 5.62. The number of hydrogen-bond acceptors (Lipinski definition) is 4. The first kappa shape index (κ1) is 17.9. The van der Waals surface area contributed by atoms with E-state index in [1.54, 1.807) is 16.2 Å². The number of hydrogen-bond donors (Lipinski definition) is 1. The van der Waals surface area contributed by atoms with Gasteiger partial charge in [0.2, 0.25) is 0 Å². The number of nitrogens with zero attached hydrogens (tertiary/aromatic N) is 3. The van der Waals surface area contributed by atoms with E-state index in [0.29, 0.717) is 6.54 Å². The first-order valence-corrected chi connectivity index (χ1v) is 9.11. The van der Waals surface area contributed by atoms with Crippen molar-refractivity contribution < 1.29 is 4.79 Å². The zero-order valence-corrected chi connectivity index (χ0v) is 15.2. The summed E-state index contributed by atoms with van der Waals surface area (Å²) in [5.41, 5.74) is 1.20. The number of nitrogens with one attached hydrogen (secondary N) is 1. The number of thiazole rings is 1. The van der Waals surface area contributed by atoms with Crippen molar-refractivity contribution >= 4 is 17.4 Å². The first-order chi connectivity index (χ1) is 11.0. The maximum absolute atomic E-state index is 12.3. The van der Waals surface area contributed by atoms with Crippen LogP contribution in [-0.2, 0) is 0 Å². The number of piperidine rings is 1. The quantitative estimate of drug-likeness (QED) is 0.813. The molecule has 0 bridgehead atoms. The van der Waals surface area contributed by atoms with Crippen LogP contribution in [-0.4, -0.2) is 60.1 Å². The van der Waals surface area contributed by atoms with E-state index in [2.05, 4.69) is 35.6 Å². The zero-order valence-electron chi connectivity index (χ0n) is 14.4. The van der Waals surface area contributed by atoms with E-state index in [9.17, 15) is 4.79 Å². The lowest BCUT2D eigenvalue weighted by Crippen LogP contribution is -2.49. The number of rotatable bonds is 6. The number of carbonyl (C=O) groups excluding carboxylic acids is 1. The second-order valence-corrected chi connectivity index (χ2v) is 7.54. The van der Waals surface area contributed by atoms with Crippen molar-refractivity contribution in [3.05, 3.63) is 28.7 Å². The van der Waals surface area contributed by atoms with Gasteiger partial charge in [0.15, 0.2) is 0 Å². The van der Waals surface area contributed by atoms with E-state index in [1.165, 1.54) is 5.57 Å². The minimum absolute atomic E-state index is 0.0201. The predicted octanol–water partition coefficient (Wildman–Crippen LogP) is 2.93. The average molecular weight is 337 g/mol. The van der Waals surface area contributed by atoms with Gasteiger partial charge in [0.05, 0.1) is 5.01 Å². The number of amides is 2. The number of likely N-dealkylation sites (tertiary alicyclic amines) is 1. The SMILES string of the molecule is C=C(C)CN1CCC(NC(=O)N(C)CC(C)c2nccs2)CC1. The monoisotopic (exact) mass is 336 g/mol. The number of aromatic nitrogens is 1. The molecule has 0 aromatic carbocycles. The van der Waals surface area contributed by atoms with Crippen LogP contribution >= 0.6 is 11.3 Å². The van der Waals surface area contributed by atoms with Crippen molar-refractivity contribution in [2.45, 2.75) is 38.6 Å². The summed E-state index contributed by atoms with van der Waals surface area (Å²) >= 11 is 1.64. The molecule has 23 heavy (non-hydrogen) atoms. The molecular formula is C17H28N4OS. The Kier molecular flexibility index (Phi) is 6.59. The molecule has 1 aliphatic rings. The molecule has 0 saturated carbocycles. The molecule has 1 N–H and O–H groups in total. The number of urea groups is 1. The van der Waals surface area contributed by atoms with Gasteiger partial charge < -0.3 is 10.2 Å². The molecule has 1 atom stereocenters. The molecule has 2 heterocycles. The van der Waals surface area contributed by atoms with Crippen LogP contribution in [0, 0.1) is 0 Å². The third-order valence-electron chi connectivity index (χ3n) is 4.18. The van der Waals surface area contributed by atoms with Crippen molar-refractivity contribution in [3.63, 3.8) is 0 Å². The first-order valence-electron chi connectivity index (χ1n) is 8.23. The van der Waals surface area contributed by atoms with Crippen LogP contribution in [0.1, 0.15) is 37.6 Å². The van der Waals surface area contributed by atoms with Gasteiger partial charge in [0.25, 0.3) is 0 Å². The van der Waals surface area contributed by atoms with Crippen LogP contribution in [0.15, 0.2) is 23.7 Å². The van der Waals surface area contributed by atoms with Crippen molar-refractivity contribution in [1.82, 2.24) is 20.1 Å². The third-order valence-corrected chi connectivity index (χ3v) is 5.18. The molecule has 2 amide bonds. The van der Waals surface area contributed by atoms with E-state index < -0.39 is 0 Å².